The quantitative estimate of drug-likeness (QED) is 0.788. The number of carbonyl (C=O) groups is 2. The van der Waals surface area contributed by atoms with Gasteiger partial charge in [-0.15, -0.1) is 0 Å². The zero-order valence-corrected chi connectivity index (χ0v) is 8.77. The van der Waals surface area contributed by atoms with Gasteiger partial charge >= 0.3 is 5.97 Å². The molecule has 4 heteroatoms. The average Bonchev–Trinajstić information content (AvgIpc) is 2.29. The monoisotopic (exact) mass is 219 g/mol. The van der Waals surface area contributed by atoms with Crippen molar-refractivity contribution in [2.45, 2.75) is 18.9 Å². The largest absolute Gasteiger partial charge is 0.478 e. The van der Waals surface area contributed by atoms with E-state index in [9.17, 15) is 9.59 Å². The Bertz CT molecular complexity index is 428. The van der Waals surface area contributed by atoms with E-state index < -0.39 is 12.0 Å². The molecule has 0 aromatic heterocycles. The van der Waals surface area contributed by atoms with Crippen molar-refractivity contribution in [3.05, 3.63) is 35.4 Å². The van der Waals surface area contributed by atoms with Crippen LogP contribution in [-0.4, -0.2) is 23.4 Å². The van der Waals surface area contributed by atoms with E-state index in [1.54, 1.807) is 18.2 Å². The summed E-state index contributed by atoms with van der Waals surface area (Å²) >= 11 is 0. The van der Waals surface area contributed by atoms with E-state index in [2.05, 4.69) is 5.32 Å². The minimum atomic E-state index is -0.990. The minimum absolute atomic E-state index is 0.0694. The van der Waals surface area contributed by atoms with Crippen LogP contribution < -0.4 is 5.32 Å². The first kappa shape index (κ1) is 10.8. The van der Waals surface area contributed by atoms with Crippen LogP contribution in [0.1, 0.15) is 34.8 Å². The fourth-order valence-electron chi connectivity index (χ4n) is 1.99. The van der Waals surface area contributed by atoms with Crippen LogP contribution in [0.4, 0.5) is 0 Å². The number of ketones is 1. The van der Waals surface area contributed by atoms with Crippen molar-refractivity contribution in [3.63, 3.8) is 0 Å². The standard InChI is InChI=1S/C12H13NO3/c14-10-6-3-7-13-11(10)8-4-1-2-5-9(8)12(15)16/h1-2,4-5,11,13H,3,6-7H2,(H,15,16). The molecular weight excluding hydrogens is 206 g/mol. The highest BCUT2D eigenvalue weighted by atomic mass is 16.4. The van der Waals surface area contributed by atoms with Gasteiger partial charge in [-0.25, -0.2) is 4.79 Å². The van der Waals surface area contributed by atoms with Crippen LogP contribution in [0.25, 0.3) is 0 Å². The summed E-state index contributed by atoms with van der Waals surface area (Å²) in [5, 5.41) is 12.1. The van der Waals surface area contributed by atoms with E-state index in [0.29, 0.717) is 12.0 Å². The summed E-state index contributed by atoms with van der Waals surface area (Å²) in [5.41, 5.74) is 0.773. The molecule has 1 heterocycles. The smallest absolute Gasteiger partial charge is 0.336 e. The number of benzene rings is 1. The molecule has 0 amide bonds. The van der Waals surface area contributed by atoms with Gasteiger partial charge in [0.1, 0.15) is 0 Å². The van der Waals surface area contributed by atoms with E-state index in [0.717, 1.165) is 13.0 Å². The SMILES string of the molecule is O=C(O)c1ccccc1C1NCCCC1=O. The van der Waals surface area contributed by atoms with Crippen molar-refractivity contribution >= 4 is 11.8 Å². The third-order valence-electron chi connectivity index (χ3n) is 2.77. The Hall–Kier alpha value is -1.68. The molecule has 1 unspecified atom stereocenters. The van der Waals surface area contributed by atoms with Crippen LogP contribution in [0.3, 0.4) is 0 Å². The van der Waals surface area contributed by atoms with Gasteiger partial charge in [0.05, 0.1) is 11.6 Å². The van der Waals surface area contributed by atoms with E-state index >= 15 is 0 Å². The lowest BCUT2D eigenvalue weighted by Gasteiger charge is -2.23. The van der Waals surface area contributed by atoms with Crippen molar-refractivity contribution in [1.29, 1.82) is 0 Å². The molecule has 84 valence electrons. The lowest BCUT2D eigenvalue weighted by molar-refractivity contribution is -0.122. The second kappa shape index (κ2) is 4.45. The van der Waals surface area contributed by atoms with E-state index in [1.165, 1.54) is 6.07 Å². The molecule has 16 heavy (non-hydrogen) atoms. The number of rotatable bonds is 2. The molecule has 4 nitrogen and oxygen atoms in total. The van der Waals surface area contributed by atoms with Gasteiger partial charge < -0.3 is 10.4 Å². The molecule has 1 atom stereocenters. The van der Waals surface area contributed by atoms with Crippen molar-refractivity contribution in [3.8, 4) is 0 Å². The van der Waals surface area contributed by atoms with Crippen LogP contribution in [-0.2, 0) is 4.79 Å². The minimum Gasteiger partial charge on any atom is -0.478 e. The van der Waals surface area contributed by atoms with Gasteiger partial charge in [-0.3, -0.25) is 4.79 Å². The number of carboxylic acid groups (broad SMARTS) is 1. The van der Waals surface area contributed by atoms with Gasteiger partial charge in [-0.1, -0.05) is 18.2 Å². The Kier molecular flexibility index (Phi) is 3.01. The van der Waals surface area contributed by atoms with Crippen LogP contribution in [0.15, 0.2) is 24.3 Å². The highest BCUT2D eigenvalue weighted by Gasteiger charge is 2.26. The summed E-state index contributed by atoms with van der Waals surface area (Å²) in [4.78, 5) is 22.7. The number of nitrogens with one attached hydrogen (secondary N) is 1. The Labute approximate surface area is 93.3 Å². The van der Waals surface area contributed by atoms with E-state index in [1.807, 2.05) is 0 Å². The summed E-state index contributed by atoms with van der Waals surface area (Å²) in [6.45, 7) is 0.754. The Morgan fingerprint density at radius 1 is 1.38 bits per heavy atom. The second-order valence-electron chi connectivity index (χ2n) is 3.85. The predicted octanol–water partition coefficient (Wildman–Crippen LogP) is 1.38. The molecule has 0 saturated carbocycles. The number of Topliss-reactive ketones (excluding diaryl/α,β-unsaturated/α-hetero) is 1. The molecule has 0 aliphatic carbocycles. The maximum Gasteiger partial charge on any atom is 0.336 e. The van der Waals surface area contributed by atoms with Gasteiger partial charge in [-0.05, 0) is 24.6 Å². The number of aromatic carboxylic acids is 1. The van der Waals surface area contributed by atoms with Gasteiger partial charge in [0.25, 0.3) is 0 Å². The van der Waals surface area contributed by atoms with Crippen LogP contribution in [0, 0.1) is 0 Å². The third-order valence-corrected chi connectivity index (χ3v) is 2.77. The number of carboxylic acids is 1. The summed E-state index contributed by atoms with van der Waals surface area (Å²) < 4.78 is 0. The van der Waals surface area contributed by atoms with Gasteiger partial charge in [-0.2, -0.15) is 0 Å². The van der Waals surface area contributed by atoms with E-state index in [4.69, 9.17) is 5.11 Å². The second-order valence-corrected chi connectivity index (χ2v) is 3.85. The van der Waals surface area contributed by atoms with Crippen molar-refractivity contribution < 1.29 is 14.7 Å². The van der Waals surface area contributed by atoms with Crippen molar-refractivity contribution in [2.24, 2.45) is 0 Å². The average molecular weight is 219 g/mol. The van der Waals surface area contributed by atoms with Crippen LogP contribution >= 0.6 is 0 Å². The first-order valence-electron chi connectivity index (χ1n) is 5.28. The van der Waals surface area contributed by atoms with E-state index in [-0.39, 0.29) is 11.3 Å². The Balaban J connectivity index is 2.38. The molecule has 2 rings (SSSR count). The van der Waals surface area contributed by atoms with Gasteiger partial charge in [0.15, 0.2) is 5.78 Å². The number of hydrogen-bond acceptors (Lipinski definition) is 3. The number of carbonyl (C=O) groups excluding carboxylic acids is 1. The van der Waals surface area contributed by atoms with Crippen molar-refractivity contribution in [1.82, 2.24) is 5.32 Å². The fraction of sp³-hybridized carbons (Fsp3) is 0.333. The maximum atomic E-state index is 11.7. The molecule has 2 N–H and O–H groups in total. The molecule has 1 saturated heterocycles. The highest BCUT2D eigenvalue weighted by molar-refractivity contribution is 5.94. The number of piperidine rings is 1. The first-order valence-corrected chi connectivity index (χ1v) is 5.28. The lowest BCUT2D eigenvalue weighted by Crippen LogP contribution is -2.35. The molecule has 0 radical (unpaired) electrons. The maximum absolute atomic E-state index is 11.7. The van der Waals surface area contributed by atoms with Crippen LogP contribution in [0.2, 0.25) is 0 Å². The molecule has 1 aromatic rings. The summed E-state index contributed by atoms with van der Waals surface area (Å²) in [6.07, 6.45) is 1.34. The topological polar surface area (TPSA) is 66.4 Å². The molecular formula is C12H13NO3. The molecule has 0 bridgehead atoms. The fourth-order valence-corrected chi connectivity index (χ4v) is 1.99. The number of hydrogen-bond donors (Lipinski definition) is 2. The third kappa shape index (κ3) is 1.97. The van der Waals surface area contributed by atoms with Gasteiger partial charge in [0.2, 0.25) is 0 Å². The summed E-state index contributed by atoms with van der Waals surface area (Å²) in [6, 6.07) is 6.19. The molecule has 1 aromatic carbocycles. The highest BCUT2D eigenvalue weighted by Crippen LogP contribution is 2.23. The summed E-state index contributed by atoms with van der Waals surface area (Å²) in [5.74, 6) is -0.921. The molecule has 0 spiro atoms. The normalized spacial score (nSPS) is 20.8. The lowest BCUT2D eigenvalue weighted by atomic mass is 9.92. The first-order chi connectivity index (χ1) is 7.70. The molecule has 1 fully saturated rings. The van der Waals surface area contributed by atoms with Crippen LogP contribution in [0.5, 0.6) is 0 Å². The summed E-state index contributed by atoms with van der Waals surface area (Å²) in [7, 11) is 0. The molecule has 1 aliphatic rings. The molecule has 1 aliphatic heterocycles. The Morgan fingerprint density at radius 2 is 2.12 bits per heavy atom. The van der Waals surface area contributed by atoms with Gasteiger partial charge in [0, 0.05) is 6.42 Å². The zero-order chi connectivity index (χ0) is 11.5. The van der Waals surface area contributed by atoms with Crippen molar-refractivity contribution in [2.75, 3.05) is 6.54 Å². The predicted molar refractivity (Wildman–Crippen MR) is 58.4 cm³/mol. The Morgan fingerprint density at radius 3 is 2.81 bits per heavy atom. The zero-order valence-electron chi connectivity index (χ0n) is 8.77.